The summed E-state index contributed by atoms with van der Waals surface area (Å²) >= 11 is 3.83. The van der Waals surface area contributed by atoms with Crippen LogP contribution in [0.1, 0.15) is 25.0 Å². The highest BCUT2D eigenvalue weighted by Crippen LogP contribution is 2.40. The van der Waals surface area contributed by atoms with Crippen LogP contribution in [0.4, 0.5) is 5.13 Å². The molecule has 2 aliphatic heterocycles. The number of amides is 2. The number of carboxylic acids is 2. The molecule has 1 saturated carbocycles. The Bertz CT molecular complexity index is 1660. The highest BCUT2D eigenvalue weighted by Gasteiger charge is 2.54. The van der Waals surface area contributed by atoms with E-state index in [1.165, 1.54) is 28.5 Å². The first kappa shape index (κ1) is 27.1. The number of oxime groups is 1. The highest BCUT2D eigenvalue weighted by molar-refractivity contribution is 8.00. The molecule has 3 aromatic rings. The SMILES string of the molecule is Nc1nc(/C(=N\OC2(C(=O)O)CCC2)C(=O)NC2C(=O)N3C(C(=O)[O-])=C(C[n+]4ccc5scnc5c4)CS[C@H]23)cs1. The van der Waals surface area contributed by atoms with E-state index in [4.69, 9.17) is 10.6 Å². The van der Waals surface area contributed by atoms with Crippen molar-refractivity contribution >= 4 is 79.2 Å². The van der Waals surface area contributed by atoms with E-state index >= 15 is 0 Å². The maximum absolute atomic E-state index is 13.3. The van der Waals surface area contributed by atoms with Gasteiger partial charge in [0.15, 0.2) is 29.8 Å². The zero-order valence-electron chi connectivity index (χ0n) is 21.0. The van der Waals surface area contributed by atoms with Crippen LogP contribution in [-0.2, 0) is 30.6 Å². The molecule has 1 unspecified atom stereocenters. The first-order valence-corrected chi connectivity index (χ1v) is 15.1. The lowest BCUT2D eigenvalue weighted by Crippen LogP contribution is -2.71. The number of thioether (sulfide) groups is 1. The summed E-state index contributed by atoms with van der Waals surface area (Å²) in [4.78, 5) is 65.1. The number of carbonyl (C=O) groups excluding carboxylic acids is 3. The highest BCUT2D eigenvalue weighted by atomic mass is 32.2. The topological polar surface area (TPSA) is 204 Å². The molecule has 1 aliphatic carbocycles. The van der Waals surface area contributed by atoms with Crippen LogP contribution in [0.2, 0.25) is 0 Å². The predicted molar refractivity (Wildman–Crippen MR) is 145 cm³/mol. The average molecular weight is 616 g/mol. The van der Waals surface area contributed by atoms with E-state index in [-0.39, 0.29) is 47.4 Å². The summed E-state index contributed by atoms with van der Waals surface area (Å²) in [6, 6.07) is 0.814. The summed E-state index contributed by atoms with van der Waals surface area (Å²) in [6.45, 7) is 0.210. The monoisotopic (exact) mass is 615 g/mol. The molecule has 41 heavy (non-hydrogen) atoms. The van der Waals surface area contributed by atoms with Gasteiger partial charge in [-0.1, -0.05) is 5.16 Å². The summed E-state index contributed by atoms with van der Waals surface area (Å²) in [5.74, 6) is -3.89. The maximum atomic E-state index is 13.3. The molecule has 0 bridgehead atoms. The van der Waals surface area contributed by atoms with Gasteiger partial charge in [-0.25, -0.2) is 14.8 Å². The third-order valence-corrected chi connectivity index (χ3v) is 9.90. The number of rotatable bonds is 9. The number of carboxylic acid groups (broad SMARTS) is 2. The van der Waals surface area contributed by atoms with E-state index in [9.17, 15) is 29.4 Å². The molecule has 3 aliphatic rings. The lowest BCUT2D eigenvalue weighted by Gasteiger charge is -2.50. The molecular formula is C24H21N7O7S3. The van der Waals surface area contributed by atoms with Crippen LogP contribution in [0, 0.1) is 0 Å². The van der Waals surface area contributed by atoms with E-state index in [1.807, 2.05) is 12.3 Å². The molecule has 212 valence electrons. The fraction of sp³-hybridized carbons (Fsp3) is 0.333. The number of fused-ring (bicyclic) bond motifs is 2. The van der Waals surface area contributed by atoms with Crippen LogP contribution >= 0.6 is 34.4 Å². The third kappa shape index (κ3) is 4.78. The van der Waals surface area contributed by atoms with Crippen molar-refractivity contribution in [1.29, 1.82) is 0 Å². The minimum Gasteiger partial charge on any atom is -0.543 e. The number of nitrogens with one attached hydrogen (secondary N) is 1. The summed E-state index contributed by atoms with van der Waals surface area (Å²) < 4.78 is 2.78. The zero-order valence-corrected chi connectivity index (χ0v) is 23.5. The first-order chi connectivity index (χ1) is 19.7. The number of hydrogen-bond donors (Lipinski definition) is 3. The van der Waals surface area contributed by atoms with Crippen LogP contribution < -0.4 is 20.7 Å². The number of carbonyl (C=O) groups is 4. The molecule has 0 aromatic carbocycles. The van der Waals surface area contributed by atoms with Gasteiger partial charge in [-0.05, 0) is 6.42 Å². The van der Waals surface area contributed by atoms with Gasteiger partial charge in [0.05, 0.1) is 21.9 Å². The van der Waals surface area contributed by atoms with Gasteiger partial charge in [0.25, 0.3) is 11.8 Å². The molecular weight excluding hydrogens is 595 g/mol. The number of nitrogens with zero attached hydrogens (tertiary/aromatic N) is 5. The van der Waals surface area contributed by atoms with Gasteiger partial charge in [0.1, 0.15) is 22.6 Å². The molecule has 14 nitrogen and oxygen atoms in total. The minimum atomic E-state index is -1.54. The number of pyridine rings is 1. The van der Waals surface area contributed by atoms with Crippen molar-refractivity contribution < 1.29 is 38.8 Å². The number of β-lactam (4-membered cyclic amide) rings is 1. The Morgan fingerprint density at radius 3 is 2.80 bits per heavy atom. The Morgan fingerprint density at radius 2 is 2.15 bits per heavy atom. The largest absolute Gasteiger partial charge is 0.543 e. The normalized spacial score (nSPS) is 21.6. The second-order valence-electron chi connectivity index (χ2n) is 9.57. The Hall–Kier alpha value is -4.09. The Labute approximate surface area is 243 Å². The van der Waals surface area contributed by atoms with E-state index in [2.05, 4.69) is 20.4 Å². The molecule has 0 radical (unpaired) electrons. The van der Waals surface area contributed by atoms with E-state index in [0.29, 0.717) is 12.0 Å². The maximum Gasteiger partial charge on any atom is 0.350 e. The second kappa shape index (κ2) is 10.4. The second-order valence-corrected chi connectivity index (χ2v) is 12.5. The van der Waals surface area contributed by atoms with Crippen LogP contribution in [0.5, 0.6) is 0 Å². The van der Waals surface area contributed by atoms with Crippen molar-refractivity contribution in [2.45, 2.75) is 42.8 Å². The van der Waals surface area contributed by atoms with Gasteiger partial charge in [0.2, 0.25) is 5.60 Å². The zero-order chi connectivity index (χ0) is 28.9. The molecule has 3 aromatic heterocycles. The smallest absolute Gasteiger partial charge is 0.350 e. The Kier molecular flexibility index (Phi) is 6.87. The van der Waals surface area contributed by atoms with Crippen LogP contribution in [-0.4, -0.2) is 72.2 Å². The van der Waals surface area contributed by atoms with Crippen molar-refractivity contribution in [3.05, 3.63) is 46.3 Å². The summed E-state index contributed by atoms with van der Waals surface area (Å²) in [6.07, 6.45) is 4.70. The summed E-state index contributed by atoms with van der Waals surface area (Å²) in [7, 11) is 0. The van der Waals surface area contributed by atoms with Gasteiger partial charge in [0, 0.05) is 35.6 Å². The van der Waals surface area contributed by atoms with Crippen molar-refractivity contribution in [1.82, 2.24) is 20.2 Å². The lowest BCUT2D eigenvalue weighted by molar-refractivity contribution is -0.687. The fourth-order valence-corrected chi connectivity index (χ4v) is 7.28. The molecule has 2 amide bonds. The number of aromatic nitrogens is 3. The molecule has 1 saturated heterocycles. The number of nitrogen functional groups attached to an aromatic ring is 1. The van der Waals surface area contributed by atoms with Crippen molar-refractivity contribution in [3.8, 4) is 0 Å². The van der Waals surface area contributed by atoms with Gasteiger partial charge >= 0.3 is 5.97 Å². The van der Waals surface area contributed by atoms with Gasteiger partial charge in [-0.15, -0.1) is 34.4 Å². The third-order valence-electron chi connectivity index (χ3n) is 7.07. The van der Waals surface area contributed by atoms with Crippen LogP contribution in [0.15, 0.2) is 45.8 Å². The van der Waals surface area contributed by atoms with Crippen molar-refractivity contribution in [3.63, 3.8) is 0 Å². The number of thiazole rings is 2. The first-order valence-electron chi connectivity index (χ1n) is 12.3. The van der Waals surface area contributed by atoms with Gasteiger partial charge < -0.3 is 30.9 Å². The van der Waals surface area contributed by atoms with Crippen molar-refractivity contribution in [2.75, 3.05) is 11.5 Å². The average Bonchev–Trinajstić information content (AvgIpc) is 3.56. The molecule has 0 spiro atoms. The number of nitrogens with two attached hydrogens (primary N) is 1. The van der Waals surface area contributed by atoms with Crippen molar-refractivity contribution in [2.24, 2.45) is 5.16 Å². The number of hydrogen-bond acceptors (Lipinski definition) is 13. The summed E-state index contributed by atoms with van der Waals surface area (Å²) in [5.41, 5.74) is 6.63. The van der Waals surface area contributed by atoms with Gasteiger partial charge in [-0.3, -0.25) is 14.5 Å². The lowest BCUT2D eigenvalue weighted by atomic mass is 9.80. The molecule has 4 N–H and O–H groups in total. The Morgan fingerprint density at radius 1 is 1.34 bits per heavy atom. The standard InChI is InChI=1S/C24H21N7O7S3/c25-23-27-13(9-40-23)15(29-38-24(22(36)37)3-1-4-24)18(32)28-16-19(33)31-17(21(34)35)11(8-39-20(16)31)6-30-5-2-14-12(7-30)26-10-41-14/h2,5,7,9-10,16,20H,1,3-4,6,8H2,(H4-,25,27,28,32,34,35,36,37)/b29-15+/t16?,20-/m1/s1. The fourth-order valence-electron chi connectivity index (χ4n) is 4.75. The van der Waals surface area contributed by atoms with E-state index < -0.39 is 40.8 Å². The summed E-state index contributed by atoms with van der Waals surface area (Å²) in [5, 5.41) is 29.0. The number of anilines is 1. The van der Waals surface area contributed by atoms with Crippen LogP contribution in [0.3, 0.4) is 0 Å². The predicted octanol–water partition coefficient (Wildman–Crippen LogP) is -0.545. The molecule has 2 fully saturated rings. The molecule has 6 rings (SSSR count). The quantitative estimate of drug-likeness (QED) is 0.121. The molecule has 5 heterocycles. The van der Waals surface area contributed by atoms with Crippen LogP contribution in [0.25, 0.3) is 10.2 Å². The number of aliphatic carboxylic acids is 2. The molecule has 2 atom stereocenters. The van der Waals surface area contributed by atoms with E-state index in [0.717, 1.165) is 26.5 Å². The molecule has 17 heteroatoms. The Balaban J connectivity index is 1.22. The van der Waals surface area contributed by atoms with E-state index in [1.54, 1.807) is 16.3 Å². The van der Waals surface area contributed by atoms with Gasteiger partial charge in [-0.2, -0.15) is 4.57 Å². The minimum absolute atomic E-state index is 0.0523.